The molecule has 10 nitrogen and oxygen atoms in total. The van der Waals surface area contributed by atoms with E-state index in [1.165, 1.54) is 12.1 Å². The van der Waals surface area contributed by atoms with Crippen LogP contribution in [0.3, 0.4) is 0 Å². The maximum Gasteiger partial charge on any atom is 0.356 e. The number of nitro groups is 1. The van der Waals surface area contributed by atoms with Crippen molar-refractivity contribution < 1.29 is 19.6 Å². The molecule has 0 saturated carbocycles. The first kappa shape index (κ1) is 21.3. The van der Waals surface area contributed by atoms with Crippen molar-refractivity contribution >= 4 is 17.6 Å². The molecule has 4 rings (SSSR count). The fraction of sp³-hybridized carbons (Fsp3) is 0.318. The molecule has 0 aliphatic carbocycles. The Hall–Kier alpha value is -3.95. The molecule has 1 aliphatic heterocycles. The predicted octanol–water partition coefficient (Wildman–Crippen LogP) is 3.58. The number of hydrogen-bond acceptors (Lipinski definition) is 5. The van der Waals surface area contributed by atoms with Gasteiger partial charge in [-0.25, -0.2) is 4.79 Å². The van der Waals surface area contributed by atoms with E-state index in [1.54, 1.807) is 40.0 Å². The van der Waals surface area contributed by atoms with Crippen molar-refractivity contribution in [3.63, 3.8) is 0 Å². The summed E-state index contributed by atoms with van der Waals surface area (Å²) in [7, 11) is 0. The van der Waals surface area contributed by atoms with Crippen molar-refractivity contribution in [1.82, 2.24) is 19.7 Å². The number of nitrogens with one attached hydrogen (secondary N) is 1. The van der Waals surface area contributed by atoms with E-state index in [-0.39, 0.29) is 29.8 Å². The molecule has 0 bridgehead atoms. The van der Waals surface area contributed by atoms with Crippen LogP contribution in [0, 0.1) is 10.1 Å². The number of aromatic amines is 1. The van der Waals surface area contributed by atoms with Crippen molar-refractivity contribution in [2.45, 2.75) is 38.8 Å². The average Bonchev–Trinajstić information content (AvgIpc) is 3.42. The lowest BCUT2D eigenvalue weighted by Crippen LogP contribution is -2.42. The van der Waals surface area contributed by atoms with Crippen LogP contribution in [0.25, 0.3) is 0 Å². The van der Waals surface area contributed by atoms with Gasteiger partial charge in [0.25, 0.3) is 11.6 Å². The molecule has 1 aromatic carbocycles. The number of benzene rings is 1. The number of rotatable bonds is 6. The number of fused-ring (bicyclic) bond motifs is 1. The van der Waals surface area contributed by atoms with Crippen LogP contribution in [-0.4, -0.2) is 48.1 Å². The van der Waals surface area contributed by atoms with E-state index in [0.717, 1.165) is 5.69 Å². The summed E-state index contributed by atoms with van der Waals surface area (Å²) in [6, 6.07) is 9.20. The van der Waals surface area contributed by atoms with Gasteiger partial charge in [-0.3, -0.25) is 19.6 Å². The van der Waals surface area contributed by atoms with Crippen LogP contribution < -0.4 is 0 Å². The van der Waals surface area contributed by atoms with Gasteiger partial charge in [-0.2, -0.15) is 5.10 Å². The summed E-state index contributed by atoms with van der Waals surface area (Å²) in [4.78, 5) is 40.5. The lowest BCUT2D eigenvalue weighted by Gasteiger charge is -2.38. The van der Waals surface area contributed by atoms with Crippen molar-refractivity contribution in [3.05, 3.63) is 80.9 Å². The molecule has 2 aromatic heterocycles. The Bertz CT molecular complexity index is 1180. The first-order chi connectivity index (χ1) is 15.3. The van der Waals surface area contributed by atoms with E-state index in [4.69, 9.17) is 0 Å². The van der Waals surface area contributed by atoms with Crippen molar-refractivity contribution in [3.8, 4) is 0 Å². The molecule has 1 aliphatic rings. The number of nitro benzene ring substituents is 1. The number of nitrogens with zero attached hydrogens (tertiary/aromatic N) is 4. The van der Waals surface area contributed by atoms with Gasteiger partial charge in [-0.1, -0.05) is 26.0 Å². The minimum absolute atomic E-state index is 0.0378. The molecule has 10 heteroatoms. The lowest BCUT2D eigenvalue weighted by atomic mass is 9.88. The molecule has 166 valence electrons. The highest BCUT2D eigenvalue weighted by molar-refractivity contribution is 5.94. The summed E-state index contributed by atoms with van der Waals surface area (Å²) in [5.74, 6) is -1.54. The maximum atomic E-state index is 13.1. The summed E-state index contributed by atoms with van der Waals surface area (Å²) in [5.41, 5.74) is 2.24. The number of carbonyl (C=O) groups excluding carboxylic acids is 1. The number of non-ortho nitro benzene ring substituents is 1. The van der Waals surface area contributed by atoms with Gasteiger partial charge >= 0.3 is 5.97 Å². The maximum absolute atomic E-state index is 13.1. The Morgan fingerprint density at radius 2 is 2.09 bits per heavy atom. The van der Waals surface area contributed by atoms with Gasteiger partial charge in [-0.05, 0) is 24.1 Å². The molecule has 0 spiro atoms. The fourth-order valence-electron chi connectivity index (χ4n) is 4.49. The molecule has 3 heterocycles. The second kappa shape index (κ2) is 8.29. The minimum atomic E-state index is -1.17. The Kier molecular flexibility index (Phi) is 5.52. The lowest BCUT2D eigenvalue weighted by molar-refractivity contribution is -0.384. The van der Waals surface area contributed by atoms with Gasteiger partial charge < -0.3 is 15.0 Å². The number of carbonyl (C=O) groups is 2. The fourth-order valence-corrected chi connectivity index (χ4v) is 4.49. The molecular formula is C22H23N5O5. The van der Waals surface area contributed by atoms with E-state index in [0.29, 0.717) is 29.8 Å². The van der Waals surface area contributed by atoms with E-state index in [9.17, 15) is 24.8 Å². The van der Waals surface area contributed by atoms with Crippen molar-refractivity contribution in [1.29, 1.82) is 0 Å². The third-order valence-corrected chi connectivity index (χ3v) is 5.81. The minimum Gasteiger partial charge on any atom is -0.476 e. The highest BCUT2D eigenvalue weighted by Crippen LogP contribution is 2.40. The number of aromatic carboxylic acids is 1. The van der Waals surface area contributed by atoms with Crippen LogP contribution >= 0.6 is 0 Å². The zero-order chi connectivity index (χ0) is 23.0. The zero-order valence-electron chi connectivity index (χ0n) is 17.7. The van der Waals surface area contributed by atoms with Crippen LogP contribution in [0.1, 0.15) is 70.0 Å². The van der Waals surface area contributed by atoms with Crippen molar-refractivity contribution in [2.75, 3.05) is 6.54 Å². The Morgan fingerprint density at radius 3 is 2.72 bits per heavy atom. The van der Waals surface area contributed by atoms with E-state index >= 15 is 0 Å². The molecule has 3 aromatic rings. The van der Waals surface area contributed by atoms with E-state index in [1.807, 2.05) is 13.8 Å². The molecule has 2 unspecified atom stereocenters. The SMILES string of the molecule is CCC1c2c(C(=O)O)nn(Cc3cccc([N+](=O)[O-])c3)c2C(C)CN1C(=O)c1ccc[nH]1. The van der Waals surface area contributed by atoms with Crippen LogP contribution in [0.4, 0.5) is 5.69 Å². The number of carboxylic acid groups (broad SMARTS) is 1. The normalized spacial score (nSPS) is 17.8. The first-order valence-electron chi connectivity index (χ1n) is 10.3. The summed E-state index contributed by atoms with van der Waals surface area (Å²) in [6.07, 6.45) is 2.20. The number of hydrogen-bond donors (Lipinski definition) is 2. The molecule has 2 atom stereocenters. The predicted molar refractivity (Wildman–Crippen MR) is 115 cm³/mol. The van der Waals surface area contributed by atoms with Gasteiger partial charge in [0.2, 0.25) is 0 Å². The Labute approximate surface area is 183 Å². The largest absolute Gasteiger partial charge is 0.476 e. The van der Waals surface area contributed by atoms with Gasteiger partial charge in [0.1, 0.15) is 5.69 Å². The Balaban J connectivity index is 1.78. The molecule has 0 fully saturated rings. The molecule has 2 N–H and O–H groups in total. The monoisotopic (exact) mass is 437 g/mol. The third-order valence-electron chi connectivity index (χ3n) is 5.81. The van der Waals surface area contributed by atoms with Gasteiger partial charge in [0.15, 0.2) is 5.69 Å². The highest BCUT2D eigenvalue weighted by Gasteiger charge is 2.40. The number of carboxylic acids is 1. The first-order valence-corrected chi connectivity index (χ1v) is 10.3. The summed E-state index contributed by atoms with van der Waals surface area (Å²) >= 11 is 0. The van der Waals surface area contributed by atoms with Crippen LogP contribution in [0.5, 0.6) is 0 Å². The second-order valence-corrected chi connectivity index (χ2v) is 7.90. The molecule has 0 saturated heterocycles. The summed E-state index contributed by atoms with van der Waals surface area (Å²) in [5, 5.41) is 25.4. The van der Waals surface area contributed by atoms with Crippen LogP contribution in [0.2, 0.25) is 0 Å². The summed E-state index contributed by atoms with van der Waals surface area (Å²) in [6.45, 7) is 4.44. The topological polar surface area (TPSA) is 134 Å². The second-order valence-electron chi connectivity index (χ2n) is 7.90. The van der Waals surface area contributed by atoms with E-state index in [2.05, 4.69) is 10.1 Å². The molecule has 1 amide bonds. The molecule has 32 heavy (non-hydrogen) atoms. The average molecular weight is 437 g/mol. The zero-order valence-corrected chi connectivity index (χ0v) is 17.7. The van der Waals surface area contributed by atoms with Crippen LogP contribution in [-0.2, 0) is 6.54 Å². The highest BCUT2D eigenvalue weighted by atomic mass is 16.6. The quantitative estimate of drug-likeness (QED) is 0.447. The summed E-state index contributed by atoms with van der Waals surface area (Å²) < 4.78 is 1.61. The van der Waals surface area contributed by atoms with Crippen LogP contribution in [0.15, 0.2) is 42.6 Å². The van der Waals surface area contributed by atoms with E-state index < -0.39 is 16.9 Å². The van der Waals surface area contributed by atoms with Gasteiger partial charge in [0.05, 0.1) is 17.5 Å². The van der Waals surface area contributed by atoms with Gasteiger partial charge in [0, 0.05) is 42.0 Å². The smallest absolute Gasteiger partial charge is 0.356 e. The van der Waals surface area contributed by atoms with Gasteiger partial charge in [-0.15, -0.1) is 0 Å². The number of aromatic nitrogens is 3. The molecule has 0 radical (unpaired) electrons. The number of H-pyrrole nitrogens is 1. The third kappa shape index (κ3) is 3.64. The number of amides is 1. The Morgan fingerprint density at radius 1 is 1.31 bits per heavy atom. The standard InChI is InChI=1S/C22H23N5O5/c1-3-17-18-19(22(29)30)24-26(12-14-6-4-7-15(10-14)27(31)32)20(18)13(2)11-25(17)21(28)16-8-5-9-23-16/h4-10,13,17,23H,3,11-12H2,1-2H3,(H,29,30). The van der Waals surface area contributed by atoms with Crippen molar-refractivity contribution in [2.24, 2.45) is 0 Å². The molecular weight excluding hydrogens is 414 g/mol.